The van der Waals surface area contributed by atoms with Gasteiger partial charge in [-0.25, -0.2) is 4.39 Å². The van der Waals surface area contributed by atoms with Crippen LogP contribution in [0.4, 0.5) is 17.6 Å². The monoisotopic (exact) mass is 142 g/mol. The van der Waals surface area contributed by atoms with Gasteiger partial charge < -0.3 is 0 Å². The minimum atomic E-state index is -4.73. The maximum absolute atomic E-state index is 11.7. The molecule has 1 unspecified atom stereocenters. The predicted octanol–water partition coefficient (Wildman–Crippen LogP) is 2.46. The van der Waals surface area contributed by atoms with Gasteiger partial charge in [0.15, 0.2) is 6.17 Å². The van der Waals surface area contributed by atoms with E-state index in [9.17, 15) is 17.6 Å². The molecule has 0 rings (SSSR count). The van der Waals surface area contributed by atoms with Gasteiger partial charge in [-0.05, 0) is 0 Å². The fourth-order valence-corrected chi connectivity index (χ4v) is 0.280. The van der Waals surface area contributed by atoms with Crippen molar-refractivity contribution in [2.45, 2.75) is 18.8 Å². The highest BCUT2D eigenvalue weighted by Gasteiger charge is 2.38. The van der Waals surface area contributed by atoms with Gasteiger partial charge in [-0.3, -0.25) is 0 Å². The van der Waals surface area contributed by atoms with E-state index in [1.54, 1.807) is 0 Å². The molecule has 0 bridgehead atoms. The van der Waals surface area contributed by atoms with Crippen LogP contribution in [0.5, 0.6) is 0 Å². The van der Waals surface area contributed by atoms with Gasteiger partial charge in [0.05, 0.1) is 0 Å². The van der Waals surface area contributed by atoms with E-state index in [4.69, 9.17) is 0 Å². The molecule has 0 fully saturated rings. The van der Waals surface area contributed by atoms with E-state index in [1.807, 2.05) is 0 Å². The summed E-state index contributed by atoms with van der Waals surface area (Å²) < 4.78 is 45.4. The average molecular weight is 142 g/mol. The number of rotatable bonds is 2. The molecule has 4 heteroatoms. The van der Waals surface area contributed by atoms with E-state index in [0.29, 0.717) is 0 Å². The summed E-state index contributed by atoms with van der Waals surface area (Å²) in [7, 11) is 0. The zero-order chi connectivity index (χ0) is 7.49. The third-order valence-electron chi connectivity index (χ3n) is 0.729. The van der Waals surface area contributed by atoms with Crippen LogP contribution in [0.25, 0.3) is 0 Å². The lowest BCUT2D eigenvalue weighted by atomic mass is 10.3. The van der Waals surface area contributed by atoms with Gasteiger partial charge in [-0.15, -0.1) is 6.58 Å². The fraction of sp³-hybridized carbons (Fsp3) is 0.600. The molecule has 0 saturated heterocycles. The maximum Gasteiger partial charge on any atom is 0.419 e. The van der Waals surface area contributed by atoms with Crippen LogP contribution in [0.2, 0.25) is 0 Å². The summed E-state index contributed by atoms with van der Waals surface area (Å²) in [5.74, 6) is 0. The van der Waals surface area contributed by atoms with E-state index >= 15 is 0 Å². The van der Waals surface area contributed by atoms with Crippen molar-refractivity contribution < 1.29 is 17.6 Å². The van der Waals surface area contributed by atoms with Gasteiger partial charge in [0.1, 0.15) is 0 Å². The van der Waals surface area contributed by atoms with E-state index in [1.165, 1.54) is 0 Å². The van der Waals surface area contributed by atoms with Crippen LogP contribution in [-0.4, -0.2) is 12.3 Å². The van der Waals surface area contributed by atoms with Gasteiger partial charge in [0, 0.05) is 6.42 Å². The van der Waals surface area contributed by atoms with Crippen LogP contribution >= 0.6 is 0 Å². The first-order chi connectivity index (χ1) is 3.98. The Morgan fingerprint density at radius 1 is 1.44 bits per heavy atom. The van der Waals surface area contributed by atoms with E-state index < -0.39 is 18.8 Å². The van der Waals surface area contributed by atoms with Gasteiger partial charge in [-0.2, -0.15) is 13.2 Å². The molecule has 0 aromatic carbocycles. The molecule has 0 spiro atoms. The summed E-state index contributed by atoms with van der Waals surface area (Å²) in [6, 6.07) is 0. The second-order valence-corrected chi connectivity index (χ2v) is 1.53. The minimum absolute atomic E-state index is 0.663. The second-order valence-electron chi connectivity index (χ2n) is 1.53. The van der Waals surface area contributed by atoms with Crippen molar-refractivity contribution in [2.24, 2.45) is 0 Å². The van der Waals surface area contributed by atoms with Crippen LogP contribution in [0, 0.1) is 0 Å². The Balaban J connectivity index is 3.72. The standard InChI is InChI=1S/C5H6F4/c1-2-3-4(6)5(7,8)9/h2,4H,1,3H2. The smallest absolute Gasteiger partial charge is 0.237 e. The molecule has 0 aliphatic carbocycles. The highest BCUT2D eigenvalue weighted by Crippen LogP contribution is 2.24. The van der Waals surface area contributed by atoms with Crippen molar-refractivity contribution in [1.82, 2.24) is 0 Å². The molecule has 0 amide bonds. The fourth-order valence-electron chi connectivity index (χ4n) is 0.280. The second kappa shape index (κ2) is 2.85. The molecule has 0 aliphatic rings. The van der Waals surface area contributed by atoms with Crippen molar-refractivity contribution >= 4 is 0 Å². The zero-order valence-corrected chi connectivity index (χ0v) is 4.58. The highest BCUT2D eigenvalue weighted by atomic mass is 19.4. The first-order valence-corrected chi connectivity index (χ1v) is 2.30. The number of hydrogen-bond acceptors (Lipinski definition) is 0. The van der Waals surface area contributed by atoms with Crippen molar-refractivity contribution in [3.8, 4) is 0 Å². The Bertz CT molecular complexity index is 93.6. The van der Waals surface area contributed by atoms with Gasteiger partial charge in [0.25, 0.3) is 0 Å². The molecule has 0 aromatic rings. The maximum atomic E-state index is 11.7. The van der Waals surface area contributed by atoms with Crippen LogP contribution in [0.3, 0.4) is 0 Å². The van der Waals surface area contributed by atoms with Crippen molar-refractivity contribution in [3.05, 3.63) is 12.7 Å². The van der Waals surface area contributed by atoms with Crippen molar-refractivity contribution in [1.29, 1.82) is 0 Å². The minimum Gasteiger partial charge on any atom is -0.237 e. The number of alkyl halides is 4. The zero-order valence-electron chi connectivity index (χ0n) is 4.58. The topological polar surface area (TPSA) is 0 Å². The highest BCUT2D eigenvalue weighted by molar-refractivity contribution is 4.76. The quantitative estimate of drug-likeness (QED) is 0.410. The first kappa shape index (κ1) is 8.46. The average Bonchev–Trinajstić information content (AvgIpc) is 1.64. The molecule has 0 radical (unpaired) electrons. The molecule has 9 heavy (non-hydrogen) atoms. The SMILES string of the molecule is C=CCC(F)C(F)(F)F. The van der Waals surface area contributed by atoms with E-state index in [2.05, 4.69) is 6.58 Å². The molecule has 0 N–H and O–H groups in total. The molecule has 0 aromatic heterocycles. The summed E-state index contributed by atoms with van der Waals surface area (Å²) in [5.41, 5.74) is 0. The lowest BCUT2D eigenvalue weighted by molar-refractivity contribution is -0.179. The molecule has 0 nitrogen and oxygen atoms in total. The number of allylic oxidation sites excluding steroid dienone is 1. The summed E-state index contributed by atoms with van der Waals surface area (Å²) in [6.45, 7) is 2.97. The Labute approximate surface area is 50.2 Å². The summed E-state index contributed by atoms with van der Waals surface area (Å²) in [6.07, 6.45) is -7.24. The molecule has 1 atom stereocenters. The molecule has 0 heterocycles. The largest absolute Gasteiger partial charge is 0.419 e. The lowest BCUT2D eigenvalue weighted by Crippen LogP contribution is -2.23. The molecular weight excluding hydrogens is 136 g/mol. The Kier molecular flexibility index (Phi) is 2.67. The van der Waals surface area contributed by atoms with Gasteiger partial charge in [0.2, 0.25) is 0 Å². The molecule has 0 saturated carbocycles. The molecule has 54 valence electrons. The number of hydrogen-bond donors (Lipinski definition) is 0. The molecule has 0 aliphatic heterocycles. The summed E-state index contributed by atoms with van der Waals surface area (Å²) in [5, 5.41) is 0. The van der Waals surface area contributed by atoms with Crippen LogP contribution < -0.4 is 0 Å². The predicted molar refractivity (Wildman–Crippen MR) is 25.8 cm³/mol. The van der Waals surface area contributed by atoms with Crippen molar-refractivity contribution in [3.63, 3.8) is 0 Å². The Morgan fingerprint density at radius 3 is 2.00 bits per heavy atom. The third-order valence-corrected chi connectivity index (χ3v) is 0.729. The van der Waals surface area contributed by atoms with Gasteiger partial charge >= 0.3 is 6.18 Å². The van der Waals surface area contributed by atoms with Gasteiger partial charge in [-0.1, -0.05) is 6.08 Å². The normalized spacial score (nSPS) is 15.1. The Hall–Kier alpha value is -0.540. The summed E-state index contributed by atoms with van der Waals surface area (Å²) >= 11 is 0. The first-order valence-electron chi connectivity index (χ1n) is 2.30. The van der Waals surface area contributed by atoms with Crippen LogP contribution in [-0.2, 0) is 0 Å². The van der Waals surface area contributed by atoms with Crippen LogP contribution in [0.15, 0.2) is 12.7 Å². The molecular formula is C5H6F4. The summed E-state index contributed by atoms with van der Waals surface area (Å²) in [4.78, 5) is 0. The van der Waals surface area contributed by atoms with Crippen molar-refractivity contribution in [2.75, 3.05) is 0 Å². The van der Waals surface area contributed by atoms with E-state index in [-0.39, 0.29) is 0 Å². The Morgan fingerprint density at radius 2 is 1.89 bits per heavy atom. The third kappa shape index (κ3) is 3.11. The van der Waals surface area contributed by atoms with E-state index in [0.717, 1.165) is 6.08 Å². The number of halogens is 4. The lowest BCUT2D eigenvalue weighted by Gasteiger charge is -2.08. The van der Waals surface area contributed by atoms with Crippen LogP contribution in [0.1, 0.15) is 6.42 Å².